The van der Waals surface area contributed by atoms with Crippen LogP contribution in [0.1, 0.15) is 53.4 Å². The SMILES string of the molecule is CC1=C(C)C(OC(=O)CC#N)(OC(=O)CC#N)CC(C)(C)C1. The highest BCUT2D eigenvalue weighted by molar-refractivity contribution is 5.75. The summed E-state index contributed by atoms with van der Waals surface area (Å²) in [7, 11) is 0. The lowest BCUT2D eigenvalue weighted by Crippen LogP contribution is -2.47. The van der Waals surface area contributed by atoms with E-state index in [-0.39, 0.29) is 11.8 Å². The van der Waals surface area contributed by atoms with Gasteiger partial charge >= 0.3 is 11.9 Å². The summed E-state index contributed by atoms with van der Waals surface area (Å²) in [6.07, 6.45) is 0.221. The van der Waals surface area contributed by atoms with Gasteiger partial charge in [-0.1, -0.05) is 19.4 Å². The second kappa shape index (κ2) is 6.62. The van der Waals surface area contributed by atoms with Gasteiger partial charge in [-0.25, -0.2) is 0 Å². The lowest BCUT2D eigenvalue weighted by atomic mass is 9.71. The molecular formula is C16H20N2O4. The van der Waals surface area contributed by atoms with E-state index in [1.807, 2.05) is 20.8 Å². The molecule has 0 saturated heterocycles. The fraction of sp³-hybridized carbons (Fsp3) is 0.625. The molecule has 0 radical (unpaired) electrons. The van der Waals surface area contributed by atoms with Crippen LogP contribution in [0, 0.1) is 28.1 Å². The minimum absolute atomic E-state index is 0.247. The molecule has 6 nitrogen and oxygen atoms in total. The van der Waals surface area contributed by atoms with E-state index < -0.39 is 30.6 Å². The van der Waals surface area contributed by atoms with Crippen molar-refractivity contribution in [3.05, 3.63) is 11.1 Å². The number of carbonyl (C=O) groups excluding carboxylic acids is 2. The van der Waals surface area contributed by atoms with Gasteiger partial charge in [0.2, 0.25) is 0 Å². The van der Waals surface area contributed by atoms with Crippen LogP contribution in [0.15, 0.2) is 11.1 Å². The molecule has 0 N–H and O–H groups in total. The van der Waals surface area contributed by atoms with E-state index in [1.54, 1.807) is 19.1 Å². The zero-order valence-corrected chi connectivity index (χ0v) is 13.4. The van der Waals surface area contributed by atoms with Crippen molar-refractivity contribution in [3.8, 4) is 12.1 Å². The van der Waals surface area contributed by atoms with E-state index in [0.29, 0.717) is 5.57 Å². The van der Waals surface area contributed by atoms with Crippen molar-refractivity contribution in [3.63, 3.8) is 0 Å². The largest absolute Gasteiger partial charge is 0.417 e. The summed E-state index contributed by atoms with van der Waals surface area (Å²) >= 11 is 0. The first-order valence-electron chi connectivity index (χ1n) is 7.00. The first-order chi connectivity index (χ1) is 10.2. The Labute approximate surface area is 130 Å². The number of carbonyl (C=O) groups is 2. The van der Waals surface area contributed by atoms with E-state index in [1.165, 1.54) is 0 Å². The fourth-order valence-electron chi connectivity index (χ4n) is 2.82. The minimum Gasteiger partial charge on any atom is -0.417 e. The maximum atomic E-state index is 11.8. The molecule has 0 amide bonds. The third-order valence-corrected chi connectivity index (χ3v) is 3.67. The highest BCUT2D eigenvalue weighted by atomic mass is 16.7. The molecule has 0 bridgehead atoms. The van der Waals surface area contributed by atoms with Crippen LogP contribution in [0.4, 0.5) is 0 Å². The molecule has 22 heavy (non-hydrogen) atoms. The molecule has 6 heteroatoms. The van der Waals surface area contributed by atoms with Gasteiger partial charge in [0.15, 0.2) is 0 Å². The van der Waals surface area contributed by atoms with Crippen molar-refractivity contribution in [2.45, 2.75) is 59.2 Å². The van der Waals surface area contributed by atoms with Crippen LogP contribution in [0.3, 0.4) is 0 Å². The van der Waals surface area contributed by atoms with E-state index in [0.717, 1.165) is 12.0 Å². The maximum absolute atomic E-state index is 11.8. The van der Waals surface area contributed by atoms with Crippen molar-refractivity contribution < 1.29 is 19.1 Å². The number of rotatable bonds is 4. The Hall–Kier alpha value is -2.34. The van der Waals surface area contributed by atoms with E-state index >= 15 is 0 Å². The normalized spacial score (nSPS) is 18.8. The molecule has 0 aromatic carbocycles. The molecule has 0 fully saturated rings. The molecule has 0 atom stereocenters. The zero-order chi connectivity index (χ0) is 17.0. The third-order valence-electron chi connectivity index (χ3n) is 3.67. The quantitative estimate of drug-likeness (QED) is 0.449. The monoisotopic (exact) mass is 304 g/mol. The van der Waals surface area contributed by atoms with Crippen LogP contribution in [0.2, 0.25) is 0 Å². The zero-order valence-electron chi connectivity index (χ0n) is 13.4. The number of nitrogens with zero attached hydrogens (tertiary/aromatic N) is 2. The Bertz CT molecular complexity index is 560. The van der Waals surface area contributed by atoms with Crippen molar-refractivity contribution >= 4 is 11.9 Å². The van der Waals surface area contributed by atoms with Crippen molar-refractivity contribution in [2.75, 3.05) is 0 Å². The first kappa shape index (κ1) is 17.7. The van der Waals surface area contributed by atoms with Gasteiger partial charge < -0.3 is 9.47 Å². The van der Waals surface area contributed by atoms with Crippen LogP contribution >= 0.6 is 0 Å². The molecule has 0 spiro atoms. The van der Waals surface area contributed by atoms with E-state index in [4.69, 9.17) is 20.0 Å². The number of nitriles is 2. The van der Waals surface area contributed by atoms with E-state index in [9.17, 15) is 9.59 Å². The summed E-state index contributed by atoms with van der Waals surface area (Å²) in [5.41, 5.74) is 1.36. The van der Waals surface area contributed by atoms with Crippen molar-refractivity contribution in [2.24, 2.45) is 5.41 Å². The number of hydrogen-bond acceptors (Lipinski definition) is 6. The molecule has 1 rings (SSSR count). The molecule has 0 unspecified atom stereocenters. The second-order valence-corrected chi connectivity index (χ2v) is 6.29. The van der Waals surface area contributed by atoms with Gasteiger partial charge in [-0.2, -0.15) is 10.5 Å². The Morgan fingerprint density at radius 3 is 1.95 bits per heavy atom. The number of ether oxygens (including phenoxy) is 2. The van der Waals surface area contributed by atoms with Crippen molar-refractivity contribution in [1.82, 2.24) is 0 Å². The lowest BCUT2D eigenvalue weighted by Gasteiger charge is -2.44. The highest BCUT2D eigenvalue weighted by Gasteiger charge is 2.49. The number of hydrogen-bond donors (Lipinski definition) is 0. The van der Waals surface area contributed by atoms with Crippen LogP contribution in [0.5, 0.6) is 0 Å². The Kier molecular flexibility index (Phi) is 5.33. The van der Waals surface area contributed by atoms with Gasteiger partial charge in [-0.15, -0.1) is 0 Å². The highest BCUT2D eigenvalue weighted by Crippen LogP contribution is 2.46. The summed E-state index contributed by atoms with van der Waals surface area (Å²) in [5.74, 6) is -3.04. The minimum atomic E-state index is -1.53. The summed E-state index contributed by atoms with van der Waals surface area (Å²) in [6, 6.07) is 3.43. The average Bonchev–Trinajstić information content (AvgIpc) is 2.35. The first-order valence-corrected chi connectivity index (χ1v) is 7.00. The molecule has 0 heterocycles. The maximum Gasteiger partial charge on any atom is 0.323 e. The topological polar surface area (TPSA) is 100 Å². The van der Waals surface area contributed by atoms with Crippen LogP contribution in [-0.2, 0) is 19.1 Å². The third kappa shape index (κ3) is 4.08. The summed E-state index contributed by atoms with van der Waals surface area (Å²) in [4.78, 5) is 23.6. The summed E-state index contributed by atoms with van der Waals surface area (Å²) in [6.45, 7) is 7.59. The molecule has 0 aromatic heterocycles. The Balaban J connectivity index is 3.24. The van der Waals surface area contributed by atoms with Crippen LogP contribution < -0.4 is 0 Å². The molecule has 1 aliphatic rings. The van der Waals surface area contributed by atoms with Gasteiger partial charge in [0.1, 0.15) is 12.8 Å². The smallest absolute Gasteiger partial charge is 0.323 e. The van der Waals surface area contributed by atoms with Gasteiger partial charge in [0.05, 0.1) is 12.1 Å². The van der Waals surface area contributed by atoms with Gasteiger partial charge in [-0.3, -0.25) is 9.59 Å². The molecule has 0 aliphatic heterocycles. The van der Waals surface area contributed by atoms with Crippen LogP contribution in [0.25, 0.3) is 0 Å². The van der Waals surface area contributed by atoms with Gasteiger partial charge in [0.25, 0.3) is 5.79 Å². The second-order valence-electron chi connectivity index (χ2n) is 6.29. The molecule has 118 valence electrons. The predicted molar refractivity (Wildman–Crippen MR) is 76.8 cm³/mol. The van der Waals surface area contributed by atoms with Crippen LogP contribution in [-0.4, -0.2) is 17.7 Å². The Morgan fingerprint density at radius 1 is 1.09 bits per heavy atom. The number of allylic oxidation sites excluding steroid dienone is 1. The molecule has 1 aliphatic carbocycles. The standard InChI is InChI=1S/C16H20N2O4/c1-11-9-15(3,4)10-16(12(11)2,21-13(19)5-7-17)22-14(20)6-8-18/h5-6,9-10H2,1-4H3. The summed E-state index contributed by atoms with van der Waals surface area (Å²) in [5, 5.41) is 17.2. The molecule has 0 aromatic rings. The fourth-order valence-corrected chi connectivity index (χ4v) is 2.82. The number of esters is 2. The Morgan fingerprint density at radius 2 is 1.55 bits per heavy atom. The van der Waals surface area contributed by atoms with Gasteiger partial charge in [0, 0.05) is 12.0 Å². The summed E-state index contributed by atoms with van der Waals surface area (Å²) < 4.78 is 10.8. The average molecular weight is 304 g/mol. The van der Waals surface area contributed by atoms with Crippen molar-refractivity contribution in [1.29, 1.82) is 10.5 Å². The molecule has 0 saturated carbocycles. The lowest BCUT2D eigenvalue weighted by molar-refractivity contribution is -0.225. The molecular weight excluding hydrogens is 284 g/mol. The van der Waals surface area contributed by atoms with Gasteiger partial charge in [-0.05, 0) is 25.7 Å². The van der Waals surface area contributed by atoms with E-state index in [2.05, 4.69) is 0 Å². The predicted octanol–water partition coefficient (Wildman–Crippen LogP) is 2.75.